The van der Waals surface area contributed by atoms with Crippen molar-refractivity contribution in [2.24, 2.45) is 5.41 Å². The van der Waals surface area contributed by atoms with Gasteiger partial charge in [-0.25, -0.2) is 0 Å². The van der Waals surface area contributed by atoms with Crippen LogP contribution in [0, 0.1) is 30.6 Å². The third-order valence-corrected chi connectivity index (χ3v) is 4.61. The van der Waals surface area contributed by atoms with Crippen LogP contribution < -0.4 is 10.6 Å². The zero-order valence-electron chi connectivity index (χ0n) is 14.2. The summed E-state index contributed by atoms with van der Waals surface area (Å²) in [7, 11) is 0. The van der Waals surface area contributed by atoms with E-state index in [4.69, 9.17) is 5.26 Å². The van der Waals surface area contributed by atoms with Crippen LogP contribution >= 0.6 is 0 Å². The second-order valence-corrected chi connectivity index (χ2v) is 6.45. The summed E-state index contributed by atoms with van der Waals surface area (Å²) in [5.41, 5.74) is 2.79. The van der Waals surface area contributed by atoms with Gasteiger partial charge in [-0.15, -0.1) is 0 Å². The lowest BCUT2D eigenvalue weighted by molar-refractivity contribution is -0.131. The van der Waals surface area contributed by atoms with Gasteiger partial charge in [-0.3, -0.25) is 9.59 Å². The fourth-order valence-corrected chi connectivity index (χ4v) is 2.81. The molecule has 0 heterocycles. The SMILES string of the molecule is Cc1cccc(C)c1NC(=O)C1(C(=O)Nc2ccc(C#N)cc2)CC1. The molecule has 1 aliphatic carbocycles. The van der Waals surface area contributed by atoms with E-state index in [0.29, 0.717) is 24.1 Å². The number of benzene rings is 2. The molecule has 0 unspecified atom stereocenters. The average molecular weight is 333 g/mol. The van der Waals surface area contributed by atoms with Gasteiger partial charge >= 0.3 is 0 Å². The van der Waals surface area contributed by atoms with Crippen LogP contribution in [0.5, 0.6) is 0 Å². The van der Waals surface area contributed by atoms with Gasteiger partial charge in [0.1, 0.15) is 5.41 Å². The van der Waals surface area contributed by atoms with Gasteiger partial charge in [-0.1, -0.05) is 18.2 Å². The first kappa shape index (κ1) is 16.7. The summed E-state index contributed by atoms with van der Waals surface area (Å²) >= 11 is 0. The number of hydrogen-bond donors (Lipinski definition) is 2. The predicted octanol–water partition coefficient (Wildman–Crippen LogP) is 3.53. The van der Waals surface area contributed by atoms with Crippen molar-refractivity contribution in [3.63, 3.8) is 0 Å². The maximum absolute atomic E-state index is 12.7. The molecule has 5 nitrogen and oxygen atoms in total. The molecule has 2 aromatic rings. The summed E-state index contributed by atoms with van der Waals surface area (Å²) < 4.78 is 0. The van der Waals surface area contributed by atoms with Crippen molar-refractivity contribution < 1.29 is 9.59 Å². The Kier molecular flexibility index (Phi) is 4.28. The van der Waals surface area contributed by atoms with Crippen molar-refractivity contribution >= 4 is 23.2 Å². The standard InChI is InChI=1S/C20H19N3O2/c1-13-4-3-5-14(2)17(13)23-19(25)20(10-11-20)18(24)22-16-8-6-15(12-21)7-9-16/h3-9H,10-11H2,1-2H3,(H,22,24)(H,23,25). The fraction of sp³-hybridized carbons (Fsp3) is 0.250. The van der Waals surface area contributed by atoms with E-state index >= 15 is 0 Å². The van der Waals surface area contributed by atoms with E-state index in [9.17, 15) is 9.59 Å². The van der Waals surface area contributed by atoms with E-state index in [1.807, 2.05) is 38.1 Å². The number of nitriles is 1. The number of carbonyl (C=O) groups is 2. The number of anilines is 2. The third kappa shape index (κ3) is 3.24. The molecule has 0 atom stereocenters. The van der Waals surface area contributed by atoms with Gasteiger partial charge in [0, 0.05) is 11.4 Å². The van der Waals surface area contributed by atoms with E-state index in [-0.39, 0.29) is 11.8 Å². The van der Waals surface area contributed by atoms with Gasteiger partial charge in [0.05, 0.1) is 11.6 Å². The van der Waals surface area contributed by atoms with Crippen LogP contribution in [0.3, 0.4) is 0 Å². The highest BCUT2D eigenvalue weighted by Crippen LogP contribution is 2.47. The number of carbonyl (C=O) groups excluding carboxylic acids is 2. The molecule has 1 fully saturated rings. The zero-order chi connectivity index (χ0) is 18.0. The second-order valence-electron chi connectivity index (χ2n) is 6.45. The molecular formula is C20H19N3O2. The lowest BCUT2D eigenvalue weighted by Gasteiger charge is -2.17. The minimum atomic E-state index is -1.01. The zero-order valence-corrected chi connectivity index (χ0v) is 14.2. The highest BCUT2D eigenvalue weighted by atomic mass is 16.2. The Morgan fingerprint density at radius 3 is 2.04 bits per heavy atom. The van der Waals surface area contributed by atoms with Crippen LogP contribution in [0.4, 0.5) is 11.4 Å². The van der Waals surface area contributed by atoms with Gasteiger partial charge in [0.2, 0.25) is 11.8 Å². The highest BCUT2D eigenvalue weighted by molar-refractivity contribution is 6.17. The molecule has 0 spiro atoms. The molecule has 0 saturated heterocycles. The predicted molar refractivity (Wildman–Crippen MR) is 96.0 cm³/mol. The van der Waals surface area contributed by atoms with Gasteiger partial charge in [-0.2, -0.15) is 5.26 Å². The smallest absolute Gasteiger partial charge is 0.240 e. The van der Waals surface area contributed by atoms with Crippen molar-refractivity contribution in [2.45, 2.75) is 26.7 Å². The first-order chi connectivity index (χ1) is 12.0. The lowest BCUT2D eigenvalue weighted by atomic mass is 10.0. The molecule has 1 aliphatic rings. The molecule has 0 aliphatic heterocycles. The van der Waals surface area contributed by atoms with E-state index in [1.165, 1.54) is 0 Å². The molecule has 5 heteroatoms. The molecule has 2 N–H and O–H groups in total. The third-order valence-electron chi connectivity index (χ3n) is 4.61. The first-order valence-corrected chi connectivity index (χ1v) is 8.15. The monoisotopic (exact) mass is 333 g/mol. The Morgan fingerprint density at radius 2 is 1.52 bits per heavy atom. The average Bonchev–Trinajstić information content (AvgIpc) is 3.41. The number of nitrogens with one attached hydrogen (secondary N) is 2. The topological polar surface area (TPSA) is 82.0 Å². The maximum atomic E-state index is 12.7. The number of aryl methyl sites for hydroxylation is 2. The minimum absolute atomic E-state index is 0.268. The van der Waals surface area contributed by atoms with Crippen molar-refractivity contribution in [3.8, 4) is 6.07 Å². The van der Waals surface area contributed by atoms with E-state index < -0.39 is 5.41 Å². The van der Waals surface area contributed by atoms with Gasteiger partial charge in [-0.05, 0) is 62.1 Å². The molecule has 3 rings (SSSR count). The summed E-state index contributed by atoms with van der Waals surface area (Å²) in [6.07, 6.45) is 1.07. The summed E-state index contributed by atoms with van der Waals surface area (Å²) in [5, 5.41) is 14.5. The van der Waals surface area contributed by atoms with E-state index in [0.717, 1.165) is 16.8 Å². The number of rotatable bonds is 4. The van der Waals surface area contributed by atoms with Crippen LogP contribution in [0.2, 0.25) is 0 Å². The quantitative estimate of drug-likeness (QED) is 0.840. The molecule has 0 aromatic heterocycles. The Balaban J connectivity index is 1.73. The van der Waals surface area contributed by atoms with Crippen molar-refractivity contribution in [1.82, 2.24) is 0 Å². The Bertz CT molecular complexity index is 855. The molecule has 0 bridgehead atoms. The van der Waals surface area contributed by atoms with E-state index in [2.05, 4.69) is 10.6 Å². The molecule has 2 amide bonds. The highest BCUT2D eigenvalue weighted by Gasteiger charge is 2.56. The second kappa shape index (κ2) is 6.40. The van der Waals surface area contributed by atoms with Crippen LogP contribution in [-0.2, 0) is 9.59 Å². The number of nitrogens with zero attached hydrogens (tertiary/aromatic N) is 1. The van der Waals surface area contributed by atoms with Crippen molar-refractivity contribution in [2.75, 3.05) is 10.6 Å². The Morgan fingerprint density at radius 1 is 0.960 bits per heavy atom. The summed E-state index contributed by atoms with van der Waals surface area (Å²) in [5.74, 6) is -0.572. The van der Waals surface area contributed by atoms with E-state index in [1.54, 1.807) is 24.3 Å². The molecule has 0 radical (unpaired) electrons. The van der Waals surface area contributed by atoms with Crippen molar-refractivity contribution in [1.29, 1.82) is 5.26 Å². The van der Waals surface area contributed by atoms with Crippen LogP contribution in [-0.4, -0.2) is 11.8 Å². The molecule has 25 heavy (non-hydrogen) atoms. The van der Waals surface area contributed by atoms with Crippen molar-refractivity contribution in [3.05, 3.63) is 59.2 Å². The first-order valence-electron chi connectivity index (χ1n) is 8.15. The maximum Gasteiger partial charge on any atom is 0.240 e. The number of para-hydroxylation sites is 1. The minimum Gasteiger partial charge on any atom is -0.325 e. The number of amides is 2. The summed E-state index contributed by atoms with van der Waals surface area (Å²) in [6, 6.07) is 14.4. The molecular weight excluding hydrogens is 314 g/mol. The fourth-order valence-electron chi connectivity index (χ4n) is 2.81. The molecule has 1 saturated carbocycles. The van der Waals surface area contributed by atoms with Gasteiger partial charge in [0.25, 0.3) is 0 Å². The van der Waals surface area contributed by atoms with Gasteiger partial charge in [0.15, 0.2) is 0 Å². The Hall–Kier alpha value is -3.13. The molecule has 2 aromatic carbocycles. The summed E-state index contributed by atoms with van der Waals surface area (Å²) in [4.78, 5) is 25.3. The summed E-state index contributed by atoms with van der Waals surface area (Å²) in [6.45, 7) is 3.86. The molecule has 126 valence electrons. The van der Waals surface area contributed by atoms with Crippen LogP contribution in [0.1, 0.15) is 29.5 Å². The van der Waals surface area contributed by atoms with Crippen LogP contribution in [0.15, 0.2) is 42.5 Å². The largest absolute Gasteiger partial charge is 0.325 e. The van der Waals surface area contributed by atoms with Gasteiger partial charge < -0.3 is 10.6 Å². The van der Waals surface area contributed by atoms with Crippen LogP contribution in [0.25, 0.3) is 0 Å². The normalized spacial score (nSPS) is 14.3. The Labute approximate surface area is 146 Å². The number of hydrogen-bond acceptors (Lipinski definition) is 3. The lowest BCUT2D eigenvalue weighted by Crippen LogP contribution is -2.36.